The highest BCUT2D eigenvalue weighted by molar-refractivity contribution is 7.07. The van der Waals surface area contributed by atoms with Crippen molar-refractivity contribution >= 4 is 17.0 Å². The summed E-state index contributed by atoms with van der Waals surface area (Å²) in [6.45, 7) is 1.58. The van der Waals surface area contributed by atoms with Crippen LogP contribution in [0.25, 0.3) is 0 Å². The molecule has 0 saturated carbocycles. The maximum Gasteiger partial charge on any atom is 0.185 e. The van der Waals surface area contributed by atoms with E-state index in [9.17, 15) is 17.6 Å². The smallest absolute Gasteiger partial charge is 0.185 e. The molecule has 0 radical (unpaired) electrons. The molecule has 1 aromatic heterocycles. The summed E-state index contributed by atoms with van der Waals surface area (Å²) >= 11 is 1.31. The molecule has 0 bridgehead atoms. The number of nitrogens with zero attached hydrogens (tertiary/aromatic N) is 1. The Bertz CT molecular complexity index is 530. The number of hydrogen-bond donors (Lipinski definition) is 1. The Hall–Kier alpha value is -1.63. The topological polar surface area (TPSA) is 24.9 Å². The van der Waals surface area contributed by atoms with Gasteiger partial charge in [0.2, 0.25) is 0 Å². The van der Waals surface area contributed by atoms with Crippen molar-refractivity contribution in [3.63, 3.8) is 0 Å². The Kier molecular flexibility index (Phi) is 3.51. The summed E-state index contributed by atoms with van der Waals surface area (Å²) in [5.41, 5.74) is 1.25. The van der Waals surface area contributed by atoms with E-state index in [1.165, 1.54) is 11.3 Å². The monoisotopic (exact) mass is 276 g/mol. The minimum Gasteiger partial charge on any atom is -0.372 e. The van der Waals surface area contributed by atoms with E-state index >= 15 is 0 Å². The Balaban J connectivity index is 2.34. The van der Waals surface area contributed by atoms with Crippen LogP contribution in [0.3, 0.4) is 0 Å². The summed E-state index contributed by atoms with van der Waals surface area (Å²) in [5, 5.41) is 4.05. The third kappa shape index (κ3) is 2.31. The second-order valence-corrected chi connectivity index (χ2v) is 4.34. The predicted octanol–water partition coefficient (Wildman–Crippen LogP) is 3.87. The van der Waals surface area contributed by atoms with Gasteiger partial charge in [0.1, 0.15) is 5.69 Å². The molecule has 2 aromatic rings. The van der Waals surface area contributed by atoms with E-state index in [1.54, 1.807) is 17.8 Å². The third-order valence-corrected chi connectivity index (χ3v) is 2.97. The lowest BCUT2D eigenvalue weighted by Gasteiger charge is -2.15. The summed E-state index contributed by atoms with van der Waals surface area (Å²) in [4.78, 5) is 3.94. The van der Waals surface area contributed by atoms with Crippen LogP contribution in [0, 0.1) is 23.3 Å². The molecule has 1 aromatic carbocycles. The maximum atomic E-state index is 13.4. The molecule has 1 atom stereocenters. The van der Waals surface area contributed by atoms with Crippen LogP contribution in [0.4, 0.5) is 23.2 Å². The summed E-state index contributed by atoms with van der Waals surface area (Å²) in [6.07, 6.45) is 0. The molecule has 2 nitrogen and oxygen atoms in total. The molecule has 7 heteroatoms. The standard InChI is InChI=1S/C11H8F4N2S/c1-5(8-3-18-4-16-8)17-11-9(14)6(12)2-7(13)10(11)15/h2-5,17H,1H3. The van der Waals surface area contributed by atoms with Gasteiger partial charge in [0.15, 0.2) is 23.3 Å². The van der Waals surface area contributed by atoms with Gasteiger partial charge in [-0.05, 0) is 6.92 Å². The minimum atomic E-state index is -1.45. The molecule has 18 heavy (non-hydrogen) atoms. The van der Waals surface area contributed by atoms with Gasteiger partial charge in [0, 0.05) is 11.4 Å². The molecule has 0 saturated heterocycles. The molecule has 1 N–H and O–H groups in total. The van der Waals surface area contributed by atoms with Crippen LogP contribution in [0.5, 0.6) is 0 Å². The summed E-state index contributed by atoms with van der Waals surface area (Å²) < 4.78 is 52.7. The van der Waals surface area contributed by atoms with Crippen LogP contribution in [-0.2, 0) is 0 Å². The van der Waals surface area contributed by atoms with Gasteiger partial charge in [0.05, 0.1) is 17.2 Å². The van der Waals surface area contributed by atoms with Crippen molar-refractivity contribution < 1.29 is 17.6 Å². The Labute approximate surface area is 104 Å². The van der Waals surface area contributed by atoms with E-state index in [0.717, 1.165) is 0 Å². The van der Waals surface area contributed by atoms with Gasteiger partial charge < -0.3 is 5.32 Å². The highest BCUT2D eigenvalue weighted by Gasteiger charge is 2.21. The number of hydrogen-bond acceptors (Lipinski definition) is 3. The Morgan fingerprint density at radius 1 is 1.17 bits per heavy atom. The number of nitrogens with one attached hydrogen (secondary N) is 1. The molecule has 1 heterocycles. The second kappa shape index (κ2) is 4.93. The lowest BCUT2D eigenvalue weighted by atomic mass is 10.2. The molecule has 0 aliphatic carbocycles. The van der Waals surface area contributed by atoms with Crippen molar-refractivity contribution in [3.8, 4) is 0 Å². The Morgan fingerprint density at radius 3 is 2.28 bits per heavy atom. The van der Waals surface area contributed by atoms with Crippen LogP contribution in [0.2, 0.25) is 0 Å². The van der Waals surface area contributed by atoms with Gasteiger partial charge in [-0.2, -0.15) is 0 Å². The first-order valence-electron chi connectivity index (χ1n) is 4.98. The molecule has 0 aliphatic heterocycles. The van der Waals surface area contributed by atoms with Crippen LogP contribution < -0.4 is 5.32 Å². The van der Waals surface area contributed by atoms with Gasteiger partial charge in [-0.15, -0.1) is 11.3 Å². The number of anilines is 1. The van der Waals surface area contributed by atoms with Crippen molar-refractivity contribution in [2.24, 2.45) is 0 Å². The van der Waals surface area contributed by atoms with E-state index in [2.05, 4.69) is 10.3 Å². The fourth-order valence-corrected chi connectivity index (χ4v) is 2.07. The van der Waals surface area contributed by atoms with Crippen molar-refractivity contribution in [2.45, 2.75) is 13.0 Å². The molecule has 0 aliphatic rings. The average molecular weight is 276 g/mol. The quantitative estimate of drug-likeness (QED) is 0.680. The van der Waals surface area contributed by atoms with Crippen molar-refractivity contribution in [1.29, 1.82) is 0 Å². The summed E-state index contributed by atoms with van der Waals surface area (Å²) in [7, 11) is 0. The van der Waals surface area contributed by atoms with Crippen molar-refractivity contribution in [3.05, 3.63) is 45.9 Å². The number of rotatable bonds is 3. The fraction of sp³-hybridized carbons (Fsp3) is 0.182. The molecule has 96 valence electrons. The maximum absolute atomic E-state index is 13.4. The van der Waals surface area contributed by atoms with Gasteiger partial charge >= 0.3 is 0 Å². The lowest BCUT2D eigenvalue weighted by molar-refractivity contribution is 0.457. The lowest BCUT2D eigenvalue weighted by Crippen LogP contribution is -2.12. The van der Waals surface area contributed by atoms with E-state index in [-0.39, 0.29) is 6.07 Å². The normalized spacial score (nSPS) is 12.5. The van der Waals surface area contributed by atoms with Crippen LogP contribution >= 0.6 is 11.3 Å². The SMILES string of the molecule is CC(Nc1c(F)c(F)cc(F)c1F)c1cscn1. The van der Waals surface area contributed by atoms with E-state index in [1.807, 2.05) is 0 Å². The van der Waals surface area contributed by atoms with E-state index in [4.69, 9.17) is 0 Å². The zero-order valence-electron chi connectivity index (χ0n) is 9.18. The van der Waals surface area contributed by atoms with E-state index < -0.39 is 35.0 Å². The zero-order valence-corrected chi connectivity index (χ0v) is 9.99. The number of benzene rings is 1. The molecular weight excluding hydrogens is 268 g/mol. The van der Waals surface area contributed by atoms with Gasteiger partial charge in [-0.25, -0.2) is 22.5 Å². The summed E-state index contributed by atoms with van der Waals surface area (Å²) in [6, 6.07) is -0.398. The Morgan fingerprint density at radius 2 is 1.78 bits per heavy atom. The first-order valence-corrected chi connectivity index (χ1v) is 5.92. The minimum absolute atomic E-state index is 0.170. The van der Waals surface area contributed by atoms with Crippen molar-refractivity contribution in [1.82, 2.24) is 4.98 Å². The zero-order chi connectivity index (χ0) is 13.3. The summed E-state index contributed by atoms with van der Waals surface area (Å²) in [5.74, 6) is -5.78. The van der Waals surface area contributed by atoms with Crippen LogP contribution in [0.15, 0.2) is 17.0 Å². The largest absolute Gasteiger partial charge is 0.372 e. The number of aromatic nitrogens is 1. The fourth-order valence-electron chi connectivity index (χ4n) is 1.43. The van der Waals surface area contributed by atoms with Crippen molar-refractivity contribution in [2.75, 3.05) is 5.32 Å². The van der Waals surface area contributed by atoms with Crippen LogP contribution in [-0.4, -0.2) is 4.98 Å². The highest BCUT2D eigenvalue weighted by Crippen LogP contribution is 2.27. The molecule has 0 amide bonds. The second-order valence-electron chi connectivity index (χ2n) is 3.62. The van der Waals surface area contributed by atoms with Gasteiger partial charge in [-0.3, -0.25) is 0 Å². The van der Waals surface area contributed by atoms with Crippen LogP contribution in [0.1, 0.15) is 18.7 Å². The average Bonchev–Trinajstić information content (AvgIpc) is 2.85. The highest BCUT2D eigenvalue weighted by atomic mass is 32.1. The molecule has 1 unspecified atom stereocenters. The van der Waals surface area contributed by atoms with Gasteiger partial charge in [0.25, 0.3) is 0 Å². The number of thiazole rings is 1. The molecular formula is C11H8F4N2S. The third-order valence-electron chi connectivity index (χ3n) is 2.37. The first-order chi connectivity index (χ1) is 8.50. The van der Waals surface area contributed by atoms with E-state index in [0.29, 0.717) is 5.69 Å². The molecule has 0 fully saturated rings. The van der Waals surface area contributed by atoms with Gasteiger partial charge in [-0.1, -0.05) is 0 Å². The number of halogens is 4. The first kappa shape index (κ1) is 12.8. The predicted molar refractivity (Wildman–Crippen MR) is 60.4 cm³/mol. The molecule has 2 rings (SSSR count). The molecule has 0 spiro atoms.